The van der Waals surface area contributed by atoms with Gasteiger partial charge in [0.1, 0.15) is 0 Å². The van der Waals surface area contributed by atoms with E-state index in [1.165, 1.54) is 22.0 Å². The molecule has 1 aliphatic rings. The molecule has 0 amide bonds. The van der Waals surface area contributed by atoms with Crippen LogP contribution in [0.15, 0.2) is 29.3 Å². The number of aromatic nitrogens is 2. The standard InChI is InChI=1S/C14H19N3S/c1-11-9-14(12(2)15(11)3)18-17-8-7-16-6-4-5-13(16)10-17/h4-6,9H,7-8,10H2,1-3H3. The topological polar surface area (TPSA) is 13.1 Å². The zero-order chi connectivity index (χ0) is 12.7. The van der Waals surface area contributed by atoms with Crippen LogP contribution in [0.5, 0.6) is 0 Å². The fourth-order valence-electron chi connectivity index (χ4n) is 2.42. The molecule has 18 heavy (non-hydrogen) atoms. The van der Waals surface area contributed by atoms with Gasteiger partial charge in [-0.2, -0.15) is 0 Å². The summed E-state index contributed by atoms with van der Waals surface area (Å²) in [6.07, 6.45) is 2.18. The zero-order valence-corrected chi connectivity index (χ0v) is 12.0. The van der Waals surface area contributed by atoms with E-state index in [2.05, 4.69) is 58.7 Å². The first-order chi connectivity index (χ1) is 8.65. The average Bonchev–Trinajstić information content (AvgIpc) is 2.91. The third kappa shape index (κ3) is 1.99. The fraction of sp³-hybridized carbons (Fsp3) is 0.429. The predicted molar refractivity (Wildman–Crippen MR) is 75.6 cm³/mol. The van der Waals surface area contributed by atoms with Gasteiger partial charge < -0.3 is 9.13 Å². The van der Waals surface area contributed by atoms with E-state index >= 15 is 0 Å². The number of rotatable bonds is 2. The Hall–Kier alpha value is -1.13. The van der Waals surface area contributed by atoms with Gasteiger partial charge in [0.25, 0.3) is 0 Å². The molecule has 0 bridgehead atoms. The van der Waals surface area contributed by atoms with E-state index in [0.717, 1.165) is 19.6 Å². The maximum Gasteiger partial charge on any atom is 0.0498 e. The molecule has 0 aliphatic carbocycles. The Bertz CT molecular complexity index is 568. The second-order valence-electron chi connectivity index (χ2n) is 4.94. The largest absolute Gasteiger partial charge is 0.351 e. The molecule has 1 aliphatic heterocycles. The smallest absolute Gasteiger partial charge is 0.0498 e. The molecule has 0 N–H and O–H groups in total. The molecule has 0 aromatic carbocycles. The van der Waals surface area contributed by atoms with Crippen LogP contribution in [-0.4, -0.2) is 20.0 Å². The molecule has 96 valence electrons. The highest BCUT2D eigenvalue weighted by molar-refractivity contribution is 7.97. The molecular weight excluding hydrogens is 242 g/mol. The van der Waals surface area contributed by atoms with Gasteiger partial charge in [-0.05, 0) is 44.0 Å². The lowest BCUT2D eigenvalue weighted by molar-refractivity contribution is 0.375. The van der Waals surface area contributed by atoms with Crippen LogP contribution >= 0.6 is 11.9 Å². The highest BCUT2D eigenvalue weighted by Gasteiger charge is 2.18. The molecule has 0 atom stereocenters. The molecule has 0 unspecified atom stereocenters. The lowest BCUT2D eigenvalue weighted by Gasteiger charge is -2.27. The van der Waals surface area contributed by atoms with E-state index in [0.29, 0.717) is 0 Å². The Morgan fingerprint density at radius 2 is 2.06 bits per heavy atom. The normalized spacial score (nSPS) is 15.9. The molecule has 0 fully saturated rings. The SMILES string of the molecule is Cc1cc(SN2CCn3cccc3C2)c(C)n1C. The molecular formula is C14H19N3S. The van der Waals surface area contributed by atoms with Crippen molar-refractivity contribution in [2.75, 3.05) is 6.54 Å². The summed E-state index contributed by atoms with van der Waals surface area (Å²) in [4.78, 5) is 1.38. The Kier molecular flexibility index (Phi) is 2.99. The Morgan fingerprint density at radius 1 is 1.22 bits per heavy atom. The first-order valence-corrected chi connectivity index (χ1v) is 7.12. The minimum atomic E-state index is 1.03. The summed E-state index contributed by atoms with van der Waals surface area (Å²) >= 11 is 1.89. The van der Waals surface area contributed by atoms with Gasteiger partial charge in [-0.1, -0.05) is 0 Å². The maximum atomic E-state index is 2.46. The minimum Gasteiger partial charge on any atom is -0.351 e. The van der Waals surface area contributed by atoms with Crippen molar-refractivity contribution in [3.63, 3.8) is 0 Å². The quantitative estimate of drug-likeness (QED) is 0.771. The summed E-state index contributed by atoms with van der Waals surface area (Å²) in [5.41, 5.74) is 4.10. The summed E-state index contributed by atoms with van der Waals surface area (Å²) in [6.45, 7) is 7.60. The maximum absolute atomic E-state index is 2.46. The fourth-order valence-corrected chi connectivity index (χ4v) is 3.56. The van der Waals surface area contributed by atoms with Crippen molar-refractivity contribution >= 4 is 11.9 Å². The summed E-state index contributed by atoms with van der Waals surface area (Å²) < 4.78 is 7.06. The van der Waals surface area contributed by atoms with Gasteiger partial charge in [-0.3, -0.25) is 0 Å². The van der Waals surface area contributed by atoms with Crippen molar-refractivity contribution in [2.24, 2.45) is 7.05 Å². The molecule has 0 saturated carbocycles. The number of hydrogen-bond acceptors (Lipinski definition) is 2. The molecule has 3 nitrogen and oxygen atoms in total. The van der Waals surface area contributed by atoms with Crippen LogP contribution in [0.2, 0.25) is 0 Å². The molecule has 2 aromatic rings. The third-order valence-corrected chi connectivity index (χ3v) is 4.99. The number of nitrogens with zero attached hydrogens (tertiary/aromatic N) is 3. The summed E-state index contributed by atoms with van der Waals surface area (Å²) in [7, 11) is 2.14. The van der Waals surface area contributed by atoms with E-state index < -0.39 is 0 Å². The second kappa shape index (κ2) is 4.52. The Labute approximate surface area is 113 Å². The Morgan fingerprint density at radius 3 is 2.78 bits per heavy atom. The van der Waals surface area contributed by atoms with Crippen LogP contribution in [-0.2, 0) is 20.1 Å². The molecule has 0 spiro atoms. The molecule has 3 heterocycles. The van der Waals surface area contributed by atoms with Crippen LogP contribution in [0.1, 0.15) is 17.1 Å². The van der Waals surface area contributed by atoms with Crippen molar-refractivity contribution in [2.45, 2.75) is 31.8 Å². The predicted octanol–water partition coefficient (Wildman–Crippen LogP) is 2.97. The van der Waals surface area contributed by atoms with Crippen LogP contribution in [0.3, 0.4) is 0 Å². The highest BCUT2D eigenvalue weighted by atomic mass is 32.2. The van der Waals surface area contributed by atoms with Crippen molar-refractivity contribution in [3.05, 3.63) is 41.5 Å². The van der Waals surface area contributed by atoms with Crippen molar-refractivity contribution in [1.82, 2.24) is 13.4 Å². The molecule has 4 heteroatoms. The minimum absolute atomic E-state index is 1.03. The van der Waals surface area contributed by atoms with Crippen LogP contribution in [0.4, 0.5) is 0 Å². The van der Waals surface area contributed by atoms with Gasteiger partial charge in [0.05, 0.1) is 0 Å². The van der Waals surface area contributed by atoms with E-state index in [1.54, 1.807) is 0 Å². The van der Waals surface area contributed by atoms with Crippen LogP contribution in [0.25, 0.3) is 0 Å². The number of fused-ring (bicyclic) bond motifs is 1. The van der Waals surface area contributed by atoms with Gasteiger partial charge in [0.15, 0.2) is 0 Å². The Balaban J connectivity index is 1.76. The average molecular weight is 261 g/mol. The third-order valence-electron chi connectivity index (χ3n) is 3.81. The van der Waals surface area contributed by atoms with Gasteiger partial charge >= 0.3 is 0 Å². The van der Waals surface area contributed by atoms with Gasteiger partial charge in [0.2, 0.25) is 0 Å². The highest BCUT2D eigenvalue weighted by Crippen LogP contribution is 2.31. The van der Waals surface area contributed by atoms with Crippen molar-refractivity contribution in [1.29, 1.82) is 0 Å². The second-order valence-corrected chi connectivity index (χ2v) is 6.08. The van der Waals surface area contributed by atoms with Crippen LogP contribution in [0, 0.1) is 13.8 Å². The van der Waals surface area contributed by atoms with E-state index in [1.807, 2.05) is 11.9 Å². The first-order valence-electron chi connectivity index (χ1n) is 6.35. The molecule has 0 saturated heterocycles. The van der Waals surface area contributed by atoms with E-state index in [9.17, 15) is 0 Å². The van der Waals surface area contributed by atoms with Gasteiger partial charge in [0, 0.05) is 54.9 Å². The van der Waals surface area contributed by atoms with E-state index in [4.69, 9.17) is 0 Å². The van der Waals surface area contributed by atoms with Crippen molar-refractivity contribution in [3.8, 4) is 0 Å². The molecule has 2 aromatic heterocycles. The first kappa shape index (κ1) is 11.9. The van der Waals surface area contributed by atoms with E-state index in [-0.39, 0.29) is 0 Å². The van der Waals surface area contributed by atoms with Gasteiger partial charge in [-0.15, -0.1) is 0 Å². The summed E-state index contributed by atoms with van der Waals surface area (Å²) in [5.74, 6) is 0. The van der Waals surface area contributed by atoms with Crippen molar-refractivity contribution < 1.29 is 0 Å². The lowest BCUT2D eigenvalue weighted by Crippen LogP contribution is -2.27. The summed E-state index contributed by atoms with van der Waals surface area (Å²) in [5, 5.41) is 0. The number of aryl methyl sites for hydroxylation is 1. The number of hydrogen-bond donors (Lipinski definition) is 0. The molecule has 0 radical (unpaired) electrons. The summed E-state index contributed by atoms with van der Waals surface area (Å²) in [6, 6.07) is 6.64. The molecule has 3 rings (SSSR count). The van der Waals surface area contributed by atoms with Crippen LogP contribution < -0.4 is 0 Å². The lowest BCUT2D eigenvalue weighted by atomic mass is 10.3. The van der Waals surface area contributed by atoms with Gasteiger partial charge in [-0.25, -0.2) is 4.31 Å². The monoisotopic (exact) mass is 261 g/mol. The zero-order valence-electron chi connectivity index (χ0n) is 11.2.